The standard InChI is InChI=1S/C9H12N2/c1-8(2)5-6-9(3)11-7-10-4/h7-8H,3-4H2,1-2H3. The summed E-state index contributed by atoms with van der Waals surface area (Å²) in [5.41, 5.74) is 0.520. The molecule has 0 aromatic heterocycles. The fourth-order valence-electron chi connectivity index (χ4n) is 0.370. The molecule has 58 valence electrons. The molecule has 0 bridgehead atoms. The van der Waals surface area contributed by atoms with Gasteiger partial charge in [0.05, 0.1) is 0 Å². The van der Waals surface area contributed by atoms with E-state index in [1.54, 1.807) is 0 Å². The quantitative estimate of drug-likeness (QED) is 0.324. The summed E-state index contributed by atoms with van der Waals surface area (Å²) < 4.78 is 0. The van der Waals surface area contributed by atoms with E-state index in [0.29, 0.717) is 11.6 Å². The van der Waals surface area contributed by atoms with Crippen LogP contribution in [0.15, 0.2) is 22.3 Å². The molecule has 0 saturated carbocycles. The van der Waals surface area contributed by atoms with Crippen molar-refractivity contribution >= 4 is 13.1 Å². The van der Waals surface area contributed by atoms with E-state index in [0.717, 1.165) is 0 Å². The fraction of sp³-hybridized carbons (Fsp3) is 0.333. The smallest absolute Gasteiger partial charge is 0.116 e. The van der Waals surface area contributed by atoms with Crippen molar-refractivity contribution in [2.75, 3.05) is 0 Å². The molecule has 2 heteroatoms. The van der Waals surface area contributed by atoms with Crippen LogP contribution in [0.3, 0.4) is 0 Å². The van der Waals surface area contributed by atoms with Gasteiger partial charge in [0.15, 0.2) is 0 Å². The zero-order valence-electron chi connectivity index (χ0n) is 6.96. The van der Waals surface area contributed by atoms with Crippen molar-refractivity contribution in [3.05, 3.63) is 12.3 Å². The second-order valence-electron chi connectivity index (χ2n) is 2.30. The van der Waals surface area contributed by atoms with E-state index < -0.39 is 0 Å². The highest BCUT2D eigenvalue weighted by molar-refractivity contribution is 5.64. The van der Waals surface area contributed by atoms with E-state index in [-0.39, 0.29) is 0 Å². The molecule has 0 N–H and O–H groups in total. The van der Waals surface area contributed by atoms with Crippen molar-refractivity contribution in [1.82, 2.24) is 0 Å². The lowest BCUT2D eigenvalue weighted by Crippen LogP contribution is -1.78. The SMILES string of the molecule is C=NC=NC(=C)C#CC(C)C. The number of aliphatic imine (C=N–C) groups is 2. The van der Waals surface area contributed by atoms with Crippen LogP contribution in [0.5, 0.6) is 0 Å². The molecule has 11 heavy (non-hydrogen) atoms. The summed E-state index contributed by atoms with van der Waals surface area (Å²) in [6, 6.07) is 0. The number of nitrogens with zero attached hydrogens (tertiary/aromatic N) is 2. The summed E-state index contributed by atoms with van der Waals surface area (Å²) in [5, 5.41) is 0. The third-order valence-corrected chi connectivity index (χ3v) is 0.800. The zero-order valence-corrected chi connectivity index (χ0v) is 6.96. The van der Waals surface area contributed by atoms with Crippen LogP contribution in [0.25, 0.3) is 0 Å². The first-order chi connectivity index (χ1) is 5.16. The highest BCUT2D eigenvalue weighted by Gasteiger charge is 1.82. The molecule has 0 amide bonds. The fourth-order valence-corrected chi connectivity index (χ4v) is 0.370. The van der Waals surface area contributed by atoms with Gasteiger partial charge in [0, 0.05) is 5.92 Å². The van der Waals surface area contributed by atoms with E-state index in [9.17, 15) is 0 Å². The molecule has 0 aromatic rings. The van der Waals surface area contributed by atoms with Gasteiger partial charge < -0.3 is 0 Å². The maximum atomic E-state index is 3.79. The highest BCUT2D eigenvalue weighted by atomic mass is 14.8. The van der Waals surface area contributed by atoms with E-state index in [2.05, 4.69) is 35.1 Å². The Bertz CT molecular complexity index is 226. The number of rotatable bonds is 2. The molecule has 0 aromatic carbocycles. The van der Waals surface area contributed by atoms with Gasteiger partial charge in [-0.15, -0.1) is 0 Å². The lowest BCUT2D eigenvalue weighted by Gasteiger charge is -1.86. The molecule has 0 radical (unpaired) electrons. The predicted molar refractivity (Wildman–Crippen MR) is 49.8 cm³/mol. The van der Waals surface area contributed by atoms with Crippen LogP contribution in [-0.2, 0) is 0 Å². The lowest BCUT2D eigenvalue weighted by atomic mass is 10.2. The second kappa shape index (κ2) is 5.43. The molecule has 0 unspecified atom stereocenters. The minimum atomic E-state index is 0.346. The second-order valence-corrected chi connectivity index (χ2v) is 2.30. The Morgan fingerprint density at radius 3 is 2.64 bits per heavy atom. The normalized spacial score (nSPS) is 9.36. The molecule has 0 saturated heterocycles. The maximum absolute atomic E-state index is 3.79. The molecule has 2 nitrogen and oxygen atoms in total. The van der Waals surface area contributed by atoms with Gasteiger partial charge in [-0.05, 0) is 12.6 Å². The number of hydrogen-bond donors (Lipinski definition) is 0. The minimum Gasteiger partial charge on any atom is -0.253 e. The van der Waals surface area contributed by atoms with Crippen LogP contribution < -0.4 is 0 Å². The molecule has 0 fully saturated rings. The Kier molecular flexibility index (Phi) is 4.76. The molecule has 0 spiro atoms. The summed E-state index contributed by atoms with van der Waals surface area (Å²) in [7, 11) is 0. The minimum absolute atomic E-state index is 0.346. The maximum Gasteiger partial charge on any atom is 0.116 e. The van der Waals surface area contributed by atoms with Crippen molar-refractivity contribution in [3.8, 4) is 11.8 Å². The van der Waals surface area contributed by atoms with E-state index >= 15 is 0 Å². The average molecular weight is 148 g/mol. The van der Waals surface area contributed by atoms with Crippen LogP contribution in [-0.4, -0.2) is 13.1 Å². The van der Waals surface area contributed by atoms with Gasteiger partial charge in [-0.3, -0.25) is 4.99 Å². The molecule has 0 aliphatic carbocycles. The number of allylic oxidation sites excluding steroid dienone is 1. The first kappa shape index (κ1) is 9.64. The van der Waals surface area contributed by atoms with Crippen LogP contribution in [0, 0.1) is 17.8 Å². The van der Waals surface area contributed by atoms with Gasteiger partial charge in [-0.25, -0.2) is 4.99 Å². The first-order valence-corrected chi connectivity index (χ1v) is 3.35. The molecule has 0 atom stereocenters. The predicted octanol–water partition coefficient (Wildman–Crippen LogP) is 1.89. The van der Waals surface area contributed by atoms with Gasteiger partial charge in [0.25, 0.3) is 0 Å². The van der Waals surface area contributed by atoms with Crippen molar-refractivity contribution in [1.29, 1.82) is 0 Å². The van der Waals surface area contributed by atoms with E-state index in [1.807, 2.05) is 13.8 Å². The Hall–Kier alpha value is -1.36. The monoisotopic (exact) mass is 148 g/mol. The Labute approximate surface area is 67.8 Å². The third kappa shape index (κ3) is 6.53. The average Bonchev–Trinajstić information content (AvgIpc) is 1.97. The van der Waals surface area contributed by atoms with Crippen molar-refractivity contribution in [2.45, 2.75) is 13.8 Å². The lowest BCUT2D eigenvalue weighted by molar-refractivity contribution is 0.866. The van der Waals surface area contributed by atoms with Gasteiger partial charge in [-0.2, -0.15) is 0 Å². The Balaban J connectivity index is 4.00. The third-order valence-electron chi connectivity index (χ3n) is 0.800. The zero-order chi connectivity index (χ0) is 8.69. The van der Waals surface area contributed by atoms with Gasteiger partial charge in [0.2, 0.25) is 0 Å². The molecule has 0 aliphatic rings. The van der Waals surface area contributed by atoms with Gasteiger partial charge >= 0.3 is 0 Å². The Morgan fingerprint density at radius 2 is 2.18 bits per heavy atom. The van der Waals surface area contributed by atoms with Crippen LogP contribution in [0.4, 0.5) is 0 Å². The molecular weight excluding hydrogens is 136 g/mol. The molecule has 0 rings (SSSR count). The van der Waals surface area contributed by atoms with Crippen LogP contribution >= 0.6 is 0 Å². The number of hydrogen-bond acceptors (Lipinski definition) is 1. The summed E-state index contributed by atoms with van der Waals surface area (Å²) >= 11 is 0. The van der Waals surface area contributed by atoms with Crippen molar-refractivity contribution in [2.24, 2.45) is 15.9 Å². The first-order valence-electron chi connectivity index (χ1n) is 3.35. The van der Waals surface area contributed by atoms with Gasteiger partial charge in [0.1, 0.15) is 12.0 Å². The van der Waals surface area contributed by atoms with Crippen LogP contribution in [0.1, 0.15) is 13.8 Å². The molecule has 0 aliphatic heterocycles. The van der Waals surface area contributed by atoms with Crippen LogP contribution in [0.2, 0.25) is 0 Å². The van der Waals surface area contributed by atoms with Crippen molar-refractivity contribution in [3.63, 3.8) is 0 Å². The largest absolute Gasteiger partial charge is 0.253 e. The summed E-state index contributed by atoms with van der Waals surface area (Å²) in [6.07, 6.45) is 1.33. The molecular formula is C9H12N2. The highest BCUT2D eigenvalue weighted by Crippen LogP contribution is 1.91. The Morgan fingerprint density at radius 1 is 1.55 bits per heavy atom. The summed E-state index contributed by atoms with van der Waals surface area (Å²) in [5.74, 6) is 6.06. The topological polar surface area (TPSA) is 24.7 Å². The van der Waals surface area contributed by atoms with Gasteiger partial charge in [-0.1, -0.05) is 26.3 Å². The van der Waals surface area contributed by atoms with E-state index in [1.165, 1.54) is 6.34 Å². The summed E-state index contributed by atoms with van der Waals surface area (Å²) in [4.78, 5) is 7.22. The summed E-state index contributed by atoms with van der Waals surface area (Å²) in [6.45, 7) is 10.9. The molecule has 0 heterocycles. The van der Waals surface area contributed by atoms with E-state index in [4.69, 9.17) is 0 Å². The van der Waals surface area contributed by atoms with Crippen molar-refractivity contribution < 1.29 is 0 Å².